The predicted octanol–water partition coefficient (Wildman–Crippen LogP) is 5.20. The van der Waals surface area contributed by atoms with Crippen LogP contribution >= 0.6 is 0 Å². The summed E-state index contributed by atoms with van der Waals surface area (Å²) in [7, 11) is -3.73. The standard InChI is InChI=1S/C26H27N3O2S/c1-20(2)16-21-12-14-24(15-13-21)32(30,31)28-27-17-23-19-29(18-22-8-4-3-5-9-22)26-11-7-6-10-25(23)26/h3-15,17,19-20,28H,16,18H2,1-2H3. The molecule has 4 aromatic rings. The number of rotatable bonds is 8. The van der Waals surface area contributed by atoms with Gasteiger partial charge in [-0.25, -0.2) is 4.83 Å². The van der Waals surface area contributed by atoms with Crippen molar-refractivity contribution in [3.63, 3.8) is 0 Å². The molecule has 0 amide bonds. The van der Waals surface area contributed by atoms with Gasteiger partial charge in [-0.2, -0.15) is 13.5 Å². The van der Waals surface area contributed by atoms with Crippen LogP contribution in [-0.2, 0) is 23.0 Å². The fourth-order valence-electron chi connectivity index (χ4n) is 3.78. The third-order valence-electron chi connectivity index (χ3n) is 5.27. The van der Waals surface area contributed by atoms with Gasteiger partial charge >= 0.3 is 0 Å². The number of sulfonamides is 1. The molecular formula is C26H27N3O2S. The van der Waals surface area contributed by atoms with Crippen LogP contribution in [0.4, 0.5) is 0 Å². The Labute approximate surface area is 189 Å². The highest BCUT2D eigenvalue weighted by molar-refractivity contribution is 7.89. The van der Waals surface area contributed by atoms with Gasteiger partial charge in [-0.1, -0.05) is 74.5 Å². The lowest BCUT2D eigenvalue weighted by atomic mass is 10.0. The minimum atomic E-state index is -3.73. The topological polar surface area (TPSA) is 63.5 Å². The molecule has 4 rings (SSSR count). The van der Waals surface area contributed by atoms with E-state index in [9.17, 15) is 8.42 Å². The zero-order valence-corrected chi connectivity index (χ0v) is 19.1. The molecule has 164 valence electrons. The lowest BCUT2D eigenvalue weighted by Gasteiger charge is -2.07. The summed E-state index contributed by atoms with van der Waals surface area (Å²) in [6, 6.07) is 25.2. The Morgan fingerprint density at radius 2 is 1.59 bits per heavy atom. The first-order chi connectivity index (χ1) is 15.4. The van der Waals surface area contributed by atoms with Gasteiger partial charge in [-0.3, -0.25) is 0 Å². The highest BCUT2D eigenvalue weighted by Crippen LogP contribution is 2.21. The Morgan fingerprint density at radius 3 is 2.31 bits per heavy atom. The lowest BCUT2D eigenvalue weighted by Crippen LogP contribution is -2.18. The van der Waals surface area contributed by atoms with E-state index in [0.717, 1.165) is 35.0 Å². The maximum atomic E-state index is 12.6. The van der Waals surface area contributed by atoms with Crippen molar-refractivity contribution < 1.29 is 8.42 Å². The van der Waals surface area contributed by atoms with Gasteiger partial charge < -0.3 is 4.57 Å². The SMILES string of the molecule is CC(C)Cc1ccc(S(=O)(=O)NN=Cc2cn(Cc3ccccc3)c3ccccc23)cc1. The van der Waals surface area contributed by atoms with Crippen LogP contribution in [0.2, 0.25) is 0 Å². The predicted molar refractivity (Wildman–Crippen MR) is 130 cm³/mol. The monoisotopic (exact) mass is 445 g/mol. The molecule has 0 unspecified atom stereocenters. The van der Waals surface area contributed by atoms with Crippen LogP contribution in [0.15, 0.2) is 95.1 Å². The van der Waals surface area contributed by atoms with Gasteiger partial charge in [0.15, 0.2) is 0 Å². The summed E-state index contributed by atoms with van der Waals surface area (Å²) in [4.78, 5) is 2.54. The minimum absolute atomic E-state index is 0.202. The number of aromatic nitrogens is 1. The van der Waals surface area contributed by atoms with Crippen molar-refractivity contribution in [2.24, 2.45) is 11.0 Å². The Bertz CT molecular complexity index is 1320. The van der Waals surface area contributed by atoms with Crippen LogP contribution in [-0.4, -0.2) is 19.2 Å². The normalized spacial score (nSPS) is 12.1. The largest absolute Gasteiger partial charge is 0.342 e. The molecule has 0 spiro atoms. The summed E-state index contributed by atoms with van der Waals surface area (Å²) in [5, 5.41) is 5.07. The van der Waals surface area contributed by atoms with Gasteiger partial charge in [0.25, 0.3) is 10.0 Å². The average molecular weight is 446 g/mol. The maximum absolute atomic E-state index is 12.6. The van der Waals surface area contributed by atoms with E-state index in [1.165, 1.54) is 5.56 Å². The van der Waals surface area contributed by atoms with Crippen LogP contribution in [0.3, 0.4) is 0 Å². The second kappa shape index (κ2) is 9.40. The van der Waals surface area contributed by atoms with E-state index in [-0.39, 0.29) is 4.90 Å². The minimum Gasteiger partial charge on any atom is -0.342 e. The molecule has 6 heteroatoms. The lowest BCUT2D eigenvalue weighted by molar-refractivity contribution is 0.584. The Kier molecular flexibility index (Phi) is 6.42. The molecule has 0 aliphatic heterocycles. The van der Waals surface area contributed by atoms with E-state index >= 15 is 0 Å². The summed E-state index contributed by atoms with van der Waals surface area (Å²) < 4.78 is 27.4. The molecule has 3 aromatic carbocycles. The average Bonchev–Trinajstić information content (AvgIpc) is 3.12. The van der Waals surface area contributed by atoms with Crippen LogP contribution in [0, 0.1) is 5.92 Å². The van der Waals surface area contributed by atoms with E-state index in [2.05, 4.69) is 46.5 Å². The highest BCUT2D eigenvalue weighted by Gasteiger charge is 2.13. The zero-order valence-electron chi connectivity index (χ0n) is 18.3. The molecule has 0 atom stereocenters. The first-order valence-electron chi connectivity index (χ1n) is 10.7. The van der Waals surface area contributed by atoms with Gasteiger partial charge in [0.05, 0.1) is 11.1 Å². The molecule has 0 saturated carbocycles. The van der Waals surface area contributed by atoms with E-state index in [0.29, 0.717) is 5.92 Å². The van der Waals surface area contributed by atoms with E-state index in [1.807, 2.05) is 54.7 Å². The first-order valence-corrected chi connectivity index (χ1v) is 12.2. The van der Waals surface area contributed by atoms with Crippen LogP contribution < -0.4 is 4.83 Å². The molecular weight excluding hydrogens is 418 g/mol. The zero-order chi connectivity index (χ0) is 22.6. The Hall–Kier alpha value is -3.38. The smallest absolute Gasteiger partial charge is 0.276 e. The van der Waals surface area contributed by atoms with Crippen molar-refractivity contribution in [2.75, 3.05) is 0 Å². The van der Waals surface area contributed by atoms with Crippen molar-refractivity contribution in [2.45, 2.75) is 31.7 Å². The second-order valence-corrected chi connectivity index (χ2v) is 9.97. The third kappa shape index (κ3) is 5.08. The maximum Gasteiger partial charge on any atom is 0.276 e. The number of fused-ring (bicyclic) bond motifs is 1. The van der Waals surface area contributed by atoms with Crippen LogP contribution in [0.1, 0.15) is 30.5 Å². The Morgan fingerprint density at radius 1 is 0.906 bits per heavy atom. The van der Waals surface area contributed by atoms with Crippen molar-refractivity contribution in [1.29, 1.82) is 0 Å². The molecule has 0 fully saturated rings. The first kappa shape index (κ1) is 21.8. The number of hydrogen-bond acceptors (Lipinski definition) is 3. The van der Waals surface area contributed by atoms with Crippen molar-refractivity contribution in [3.05, 3.63) is 102 Å². The molecule has 1 aromatic heterocycles. The number of hydrogen-bond donors (Lipinski definition) is 1. The molecule has 5 nitrogen and oxygen atoms in total. The molecule has 0 bridgehead atoms. The van der Waals surface area contributed by atoms with Crippen molar-refractivity contribution >= 4 is 27.1 Å². The number of benzene rings is 3. The quantitative estimate of drug-likeness (QED) is 0.299. The highest BCUT2D eigenvalue weighted by atomic mass is 32.2. The third-order valence-corrected chi connectivity index (χ3v) is 6.51. The number of hydrazone groups is 1. The molecule has 1 heterocycles. The molecule has 0 saturated heterocycles. The summed E-state index contributed by atoms with van der Waals surface area (Å²) >= 11 is 0. The van der Waals surface area contributed by atoms with Crippen molar-refractivity contribution in [1.82, 2.24) is 9.40 Å². The van der Waals surface area contributed by atoms with Gasteiger partial charge in [0, 0.05) is 29.2 Å². The van der Waals surface area contributed by atoms with Gasteiger partial charge in [-0.05, 0) is 41.7 Å². The summed E-state index contributed by atoms with van der Waals surface area (Å²) in [5.74, 6) is 0.518. The van der Waals surface area contributed by atoms with Gasteiger partial charge in [0.1, 0.15) is 0 Å². The van der Waals surface area contributed by atoms with Crippen molar-refractivity contribution in [3.8, 4) is 0 Å². The van der Waals surface area contributed by atoms with Crippen LogP contribution in [0.25, 0.3) is 10.9 Å². The summed E-state index contributed by atoms with van der Waals surface area (Å²) in [6.07, 6.45) is 4.48. The van der Waals surface area contributed by atoms with E-state index in [4.69, 9.17) is 0 Å². The fraction of sp³-hybridized carbons (Fsp3) is 0.192. The number of nitrogens with zero attached hydrogens (tertiary/aromatic N) is 2. The molecule has 32 heavy (non-hydrogen) atoms. The van der Waals surface area contributed by atoms with E-state index < -0.39 is 10.0 Å². The second-order valence-electron chi connectivity index (χ2n) is 8.31. The molecule has 1 N–H and O–H groups in total. The number of para-hydroxylation sites is 1. The molecule has 0 aliphatic rings. The summed E-state index contributed by atoms with van der Waals surface area (Å²) in [6.45, 7) is 5.00. The van der Waals surface area contributed by atoms with Crippen LogP contribution in [0.5, 0.6) is 0 Å². The molecule has 0 radical (unpaired) electrons. The summed E-state index contributed by atoms with van der Waals surface area (Å²) in [5.41, 5.74) is 4.24. The molecule has 0 aliphatic carbocycles. The van der Waals surface area contributed by atoms with E-state index in [1.54, 1.807) is 18.3 Å². The van der Waals surface area contributed by atoms with Gasteiger partial charge in [-0.15, -0.1) is 0 Å². The van der Waals surface area contributed by atoms with Gasteiger partial charge in [0.2, 0.25) is 0 Å². The number of nitrogens with one attached hydrogen (secondary N) is 1. The Balaban J connectivity index is 1.53. The fourth-order valence-corrected chi connectivity index (χ4v) is 4.57.